The molecule has 0 aliphatic heterocycles. The summed E-state index contributed by atoms with van der Waals surface area (Å²) in [5.41, 5.74) is 3.92. The quantitative estimate of drug-likeness (QED) is 0.308. The van der Waals surface area contributed by atoms with Crippen LogP contribution in [0.1, 0.15) is 82.8 Å². The van der Waals surface area contributed by atoms with Crippen molar-refractivity contribution in [3.63, 3.8) is 0 Å². The van der Waals surface area contributed by atoms with Gasteiger partial charge < -0.3 is 9.88 Å². The maximum atomic E-state index is 5.74. The summed E-state index contributed by atoms with van der Waals surface area (Å²) >= 11 is 0. The minimum Gasteiger partial charge on any atom is -0.356 e. The van der Waals surface area contributed by atoms with Crippen molar-refractivity contribution in [2.24, 2.45) is 11.8 Å². The van der Waals surface area contributed by atoms with E-state index in [1.54, 1.807) is 6.20 Å². The molecule has 36 heavy (non-hydrogen) atoms. The van der Waals surface area contributed by atoms with Crippen LogP contribution in [0.15, 0.2) is 37.3 Å². The molecule has 7 heteroatoms. The Morgan fingerprint density at radius 1 is 1.14 bits per heavy atom. The zero-order chi connectivity index (χ0) is 26.3. The smallest absolute Gasteiger partial charge is 0.240 e. The fourth-order valence-electron chi connectivity index (χ4n) is 4.58. The van der Waals surface area contributed by atoms with Crippen molar-refractivity contribution < 1.29 is 0 Å². The highest BCUT2D eigenvalue weighted by Gasteiger charge is 2.32. The van der Waals surface area contributed by atoms with E-state index in [0.29, 0.717) is 5.95 Å². The molecule has 0 aromatic carbocycles. The Morgan fingerprint density at radius 3 is 2.28 bits per heavy atom. The van der Waals surface area contributed by atoms with E-state index in [4.69, 9.17) is 7.85 Å². The Balaban J connectivity index is 0.000000209. The molecule has 3 aromatic rings. The zero-order valence-corrected chi connectivity index (χ0v) is 23.1. The maximum absolute atomic E-state index is 5.74. The van der Waals surface area contributed by atoms with Crippen molar-refractivity contribution in [1.82, 2.24) is 24.1 Å². The number of hydrogen-bond donors (Lipinski definition) is 1. The number of anilines is 1. The van der Waals surface area contributed by atoms with Crippen LogP contribution < -0.4 is 5.32 Å². The molecule has 2 aliphatic rings. The molecule has 0 amide bonds. The van der Waals surface area contributed by atoms with E-state index in [0.717, 1.165) is 40.0 Å². The Kier molecular flexibility index (Phi) is 9.58. The Bertz CT molecular complexity index is 1160. The molecule has 3 heterocycles. The number of allylic oxidation sites excluding steroid dienone is 2. The van der Waals surface area contributed by atoms with Crippen LogP contribution in [0.25, 0.3) is 17.3 Å². The number of aromatic nitrogens is 5. The molecule has 1 N–H and O–H groups in total. The first-order valence-corrected chi connectivity index (χ1v) is 13.3. The van der Waals surface area contributed by atoms with Crippen LogP contribution in [-0.4, -0.2) is 39.0 Å². The summed E-state index contributed by atoms with van der Waals surface area (Å²) in [6.45, 7) is 14.4. The van der Waals surface area contributed by atoms with Crippen molar-refractivity contribution >= 4 is 31.1 Å². The van der Waals surface area contributed by atoms with Gasteiger partial charge in [-0.05, 0) is 31.7 Å². The van der Waals surface area contributed by atoms with Crippen LogP contribution in [-0.2, 0) is 0 Å². The fourth-order valence-corrected chi connectivity index (χ4v) is 4.58. The van der Waals surface area contributed by atoms with Crippen molar-refractivity contribution in [2.75, 3.05) is 12.4 Å². The monoisotopic (exact) mass is 486 g/mol. The lowest BCUT2D eigenvalue weighted by Gasteiger charge is -2.15. The Labute approximate surface area is 218 Å². The highest BCUT2D eigenvalue weighted by molar-refractivity contribution is 6.15. The number of nitrogens with zero attached hydrogens (tertiary/aromatic N) is 5. The fraction of sp³-hybridized carbons (Fsp3) is 0.552. The SMILES string of the molecule is C=C/C(=C\n1ccnc1C)c1ccn2nc(NC)nc(C)c12.CC1CCCCC1.[B]C(C)(C)C1CC1. The van der Waals surface area contributed by atoms with Gasteiger partial charge in [-0.25, -0.2) is 14.5 Å². The lowest BCUT2D eigenvalue weighted by molar-refractivity contribution is 0.385. The number of hydrogen-bond acceptors (Lipinski definition) is 4. The van der Waals surface area contributed by atoms with Crippen LogP contribution in [0.2, 0.25) is 5.31 Å². The van der Waals surface area contributed by atoms with Crippen molar-refractivity contribution in [2.45, 2.75) is 84.9 Å². The molecule has 2 aliphatic carbocycles. The second kappa shape index (κ2) is 12.4. The van der Waals surface area contributed by atoms with Gasteiger partial charge in [-0.2, -0.15) is 0 Å². The molecule has 5 rings (SSSR count). The van der Waals surface area contributed by atoms with Gasteiger partial charge in [0.25, 0.3) is 0 Å². The highest BCUT2D eigenvalue weighted by Crippen LogP contribution is 2.47. The Hall–Kier alpha value is -2.83. The third kappa shape index (κ3) is 7.58. The van der Waals surface area contributed by atoms with E-state index in [2.05, 4.69) is 47.7 Å². The van der Waals surface area contributed by atoms with Crippen LogP contribution in [0, 0.1) is 25.7 Å². The first-order valence-electron chi connectivity index (χ1n) is 13.3. The summed E-state index contributed by atoms with van der Waals surface area (Å²) in [6, 6.07) is 2.02. The average Bonchev–Trinajstić information content (AvgIpc) is 3.52. The van der Waals surface area contributed by atoms with E-state index in [9.17, 15) is 0 Å². The standard InChI is InChI=1S/C16H18N6.C7H14.C6H11B/c1-5-13(10-21-9-7-18-12(21)3)14-6-8-22-15(14)11(2)19-16(17-4)20-22;1-7-5-3-2-4-6-7;1-6(2,7)5-3-4-5/h5-10H,1H2,2-4H3,(H,17,20);7H,2-6H2,1H3;5H,3-4H2,1-2H3/b13-10+;;. The summed E-state index contributed by atoms with van der Waals surface area (Å²) in [7, 11) is 7.55. The summed E-state index contributed by atoms with van der Waals surface area (Å²) in [5.74, 6) is 3.39. The van der Waals surface area contributed by atoms with Gasteiger partial charge in [-0.1, -0.05) is 83.7 Å². The minimum absolute atomic E-state index is 0.111. The van der Waals surface area contributed by atoms with Crippen LogP contribution in [0.3, 0.4) is 0 Å². The molecule has 0 unspecified atom stereocenters. The molecule has 0 spiro atoms. The van der Waals surface area contributed by atoms with Gasteiger partial charge in [0.2, 0.25) is 5.95 Å². The summed E-state index contributed by atoms with van der Waals surface area (Å²) < 4.78 is 3.81. The zero-order valence-electron chi connectivity index (χ0n) is 23.1. The maximum Gasteiger partial charge on any atom is 0.240 e. The molecule has 3 aromatic heterocycles. The summed E-state index contributed by atoms with van der Waals surface area (Å²) in [4.78, 5) is 8.69. The number of aryl methyl sites for hydroxylation is 2. The van der Waals surface area contributed by atoms with Crippen molar-refractivity contribution in [3.05, 3.63) is 54.4 Å². The van der Waals surface area contributed by atoms with Crippen LogP contribution >= 0.6 is 0 Å². The van der Waals surface area contributed by atoms with Crippen LogP contribution in [0.5, 0.6) is 0 Å². The molecule has 0 bridgehead atoms. The molecule has 0 saturated heterocycles. The van der Waals surface area contributed by atoms with Gasteiger partial charge in [0.05, 0.1) is 19.1 Å². The normalized spacial score (nSPS) is 16.6. The van der Waals surface area contributed by atoms with Crippen LogP contribution in [0.4, 0.5) is 5.95 Å². The van der Waals surface area contributed by atoms with E-state index in [-0.39, 0.29) is 5.31 Å². The molecular formula is C29H43BN6. The molecule has 192 valence electrons. The van der Waals surface area contributed by atoms with Gasteiger partial charge in [0.15, 0.2) is 0 Å². The molecule has 2 saturated carbocycles. The third-order valence-electron chi connectivity index (χ3n) is 7.10. The Morgan fingerprint density at radius 2 is 1.83 bits per heavy atom. The van der Waals surface area contributed by atoms with Gasteiger partial charge in [0.1, 0.15) is 5.82 Å². The number of fused-ring (bicyclic) bond motifs is 1. The molecule has 2 fully saturated rings. The predicted octanol–water partition coefficient (Wildman–Crippen LogP) is 7.12. The molecule has 0 atom stereocenters. The van der Waals surface area contributed by atoms with E-state index < -0.39 is 0 Å². The topological polar surface area (TPSA) is 60.0 Å². The van der Waals surface area contributed by atoms with E-state index in [1.165, 1.54) is 44.9 Å². The van der Waals surface area contributed by atoms with E-state index in [1.807, 2.05) is 60.7 Å². The van der Waals surface area contributed by atoms with Gasteiger partial charge in [0, 0.05) is 43.0 Å². The lowest BCUT2D eigenvalue weighted by Crippen LogP contribution is -2.04. The molecule has 6 nitrogen and oxygen atoms in total. The van der Waals surface area contributed by atoms with Gasteiger partial charge in [-0.15, -0.1) is 5.10 Å². The number of nitrogens with one attached hydrogen (secondary N) is 1. The second-order valence-electron chi connectivity index (χ2n) is 10.8. The average molecular weight is 487 g/mol. The number of imidazole rings is 1. The third-order valence-corrected chi connectivity index (χ3v) is 7.10. The first kappa shape index (κ1) is 27.8. The highest BCUT2D eigenvalue weighted by atomic mass is 15.3. The van der Waals surface area contributed by atoms with Gasteiger partial charge in [-0.3, -0.25) is 0 Å². The largest absolute Gasteiger partial charge is 0.356 e. The first-order chi connectivity index (χ1) is 17.1. The molecule has 2 radical (unpaired) electrons. The predicted molar refractivity (Wildman–Crippen MR) is 153 cm³/mol. The lowest BCUT2D eigenvalue weighted by atomic mass is 9.69. The minimum atomic E-state index is 0.111. The van der Waals surface area contributed by atoms with E-state index >= 15 is 0 Å². The molecular weight excluding hydrogens is 443 g/mol. The summed E-state index contributed by atoms with van der Waals surface area (Å²) in [6.07, 6.45) is 19.6. The number of rotatable bonds is 5. The van der Waals surface area contributed by atoms with Crippen molar-refractivity contribution in [3.8, 4) is 0 Å². The second-order valence-corrected chi connectivity index (χ2v) is 10.8. The van der Waals surface area contributed by atoms with Gasteiger partial charge >= 0.3 is 0 Å². The summed E-state index contributed by atoms with van der Waals surface area (Å²) in [5, 5.41) is 7.50. The van der Waals surface area contributed by atoms with Crippen molar-refractivity contribution in [1.29, 1.82) is 0 Å².